The molecule has 1 aromatic heterocycles. The second-order valence-corrected chi connectivity index (χ2v) is 5.77. The molecule has 0 amide bonds. The molecule has 0 saturated heterocycles. The van der Waals surface area contributed by atoms with Gasteiger partial charge in [-0.2, -0.15) is 0 Å². The fraction of sp³-hybridized carbons (Fsp3) is 0.412. The highest BCUT2D eigenvalue weighted by molar-refractivity contribution is 5.61. The lowest BCUT2D eigenvalue weighted by Crippen LogP contribution is -2.14. The summed E-state index contributed by atoms with van der Waals surface area (Å²) in [6, 6.07) is 12.0. The zero-order valence-corrected chi connectivity index (χ0v) is 12.6. The number of aromatic nitrogens is 2. The van der Waals surface area contributed by atoms with Crippen LogP contribution >= 0.6 is 0 Å². The van der Waals surface area contributed by atoms with E-state index in [0.29, 0.717) is 5.92 Å². The molecule has 3 rings (SSSR count). The zero-order valence-electron chi connectivity index (χ0n) is 12.6. The van der Waals surface area contributed by atoms with Gasteiger partial charge in [-0.05, 0) is 24.7 Å². The van der Waals surface area contributed by atoms with Gasteiger partial charge in [-0.1, -0.05) is 37.3 Å². The highest BCUT2D eigenvalue weighted by Crippen LogP contribution is 2.36. The molecule has 1 heterocycles. The Hall–Kier alpha value is -2.10. The summed E-state index contributed by atoms with van der Waals surface area (Å²) in [5.41, 5.74) is 1.04. The summed E-state index contributed by atoms with van der Waals surface area (Å²) in [6.45, 7) is 3.28. The summed E-state index contributed by atoms with van der Waals surface area (Å²) < 4.78 is 0. The number of nitrogens with zero attached hydrogens (tertiary/aromatic N) is 2. The predicted octanol–water partition coefficient (Wildman–Crippen LogP) is 3.64. The van der Waals surface area contributed by atoms with Crippen molar-refractivity contribution in [1.29, 1.82) is 0 Å². The van der Waals surface area contributed by atoms with Gasteiger partial charge < -0.3 is 10.6 Å². The first-order chi connectivity index (χ1) is 10.3. The van der Waals surface area contributed by atoms with E-state index in [1.54, 1.807) is 0 Å². The van der Waals surface area contributed by atoms with Crippen LogP contribution in [0.4, 0.5) is 11.6 Å². The lowest BCUT2D eigenvalue weighted by Gasteiger charge is -2.13. The van der Waals surface area contributed by atoms with Crippen LogP contribution in [0.3, 0.4) is 0 Å². The number of hydrogen-bond acceptors (Lipinski definition) is 4. The second-order valence-electron chi connectivity index (χ2n) is 5.77. The minimum Gasteiger partial charge on any atom is -0.373 e. The van der Waals surface area contributed by atoms with E-state index in [9.17, 15) is 0 Å². The summed E-state index contributed by atoms with van der Waals surface area (Å²) in [5.74, 6) is 4.09. The van der Waals surface area contributed by atoms with Crippen LogP contribution in [-0.2, 0) is 0 Å². The topological polar surface area (TPSA) is 49.8 Å². The Morgan fingerprint density at radius 1 is 1.14 bits per heavy atom. The van der Waals surface area contributed by atoms with E-state index in [0.717, 1.165) is 35.5 Å². The first-order valence-electron chi connectivity index (χ1n) is 7.62. The fourth-order valence-electron chi connectivity index (χ4n) is 2.48. The van der Waals surface area contributed by atoms with Crippen LogP contribution in [0.1, 0.15) is 19.8 Å². The Bertz CT molecular complexity index is 593. The molecule has 110 valence electrons. The molecule has 1 aliphatic carbocycles. The zero-order chi connectivity index (χ0) is 14.7. The maximum absolute atomic E-state index is 4.64. The van der Waals surface area contributed by atoms with Crippen molar-refractivity contribution in [2.45, 2.75) is 19.8 Å². The van der Waals surface area contributed by atoms with Crippen molar-refractivity contribution in [1.82, 2.24) is 9.97 Å². The molecule has 4 heteroatoms. The van der Waals surface area contributed by atoms with Crippen molar-refractivity contribution in [3.63, 3.8) is 0 Å². The molecular formula is C17H22N4. The van der Waals surface area contributed by atoms with Crippen LogP contribution in [-0.4, -0.2) is 23.6 Å². The van der Waals surface area contributed by atoms with Gasteiger partial charge in [0.1, 0.15) is 11.6 Å². The standard InChI is InChI=1S/C17H22N4/c1-12(13-8-9-13)11-19-16-10-15(18-2)20-17(21-16)14-6-4-3-5-7-14/h3-7,10,12-13H,8-9,11H2,1-2H3,(H2,18,19,20,21). The highest BCUT2D eigenvalue weighted by atomic mass is 15.1. The van der Waals surface area contributed by atoms with Gasteiger partial charge in [0.2, 0.25) is 0 Å². The molecule has 1 aromatic carbocycles. The Labute approximate surface area is 126 Å². The van der Waals surface area contributed by atoms with Crippen molar-refractivity contribution < 1.29 is 0 Å². The average molecular weight is 282 g/mol. The van der Waals surface area contributed by atoms with Crippen molar-refractivity contribution in [2.24, 2.45) is 11.8 Å². The number of rotatable bonds is 6. The maximum Gasteiger partial charge on any atom is 0.163 e. The largest absolute Gasteiger partial charge is 0.373 e. The molecule has 0 aliphatic heterocycles. The molecule has 1 atom stereocenters. The van der Waals surface area contributed by atoms with E-state index in [-0.39, 0.29) is 0 Å². The van der Waals surface area contributed by atoms with Gasteiger partial charge in [-0.25, -0.2) is 9.97 Å². The Morgan fingerprint density at radius 3 is 2.52 bits per heavy atom. The van der Waals surface area contributed by atoms with E-state index in [4.69, 9.17) is 0 Å². The number of benzene rings is 1. The maximum atomic E-state index is 4.64. The van der Waals surface area contributed by atoms with Crippen LogP contribution < -0.4 is 10.6 Å². The van der Waals surface area contributed by atoms with Gasteiger partial charge in [0.15, 0.2) is 5.82 Å². The SMILES string of the molecule is CNc1cc(NCC(C)C2CC2)nc(-c2ccccc2)n1. The lowest BCUT2D eigenvalue weighted by atomic mass is 10.1. The Kier molecular flexibility index (Phi) is 4.04. The molecule has 0 spiro atoms. The predicted molar refractivity (Wildman–Crippen MR) is 87.4 cm³/mol. The van der Waals surface area contributed by atoms with E-state index in [1.165, 1.54) is 12.8 Å². The third-order valence-electron chi connectivity index (χ3n) is 4.05. The molecule has 0 radical (unpaired) electrons. The normalized spacial score (nSPS) is 15.5. The van der Waals surface area contributed by atoms with Crippen molar-refractivity contribution in [3.8, 4) is 11.4 Å². The molecule has 0 bridgehead atoms. The molecule has 1 unspecified atom stereocenters. The van der Waals surface area contributed by atoms with Gasteiger partial charge >= 0.3 is 0 Å². The summed E-state index contributed by atoms with van der Waals surface area (Å²) in [7, 11) is 1.88. The van der Waals surface area contributed by atoms with E-state index in [2.05, 4.69) is 27.5 Å². The minimum absolute atomic E-state index is 0.707. The molecule has 1 aliphatic rings. The van der Waals surface area contributed by atoms with Crippen LogP contribution in [0, 0.1) is 11.8 Å². The molecule has 2 aromatic rings. The van der Waals surface area contributed by atoms with Crippen LogP contribution in [0.2, 0.25) is 0 Å². The van der Waals surface area contributed by atoms with Gasteiger partial charge in [-0.3, -0.25) is 0 Å². The number of anilines is 2. The second kappa shape index (κ2) is 6.12. The van der Waals surface area contributed by atoms with Gasteiger partial charge in [0, 0.05) is 25.2 Å². The van der Waals surface area contributed by atoms with E-state index < -0.39 is 0 Å². The number of hydrogen-bond donors (Lipinski definition) is 2. The van der Waals surface area contributed by atoms with Crippen LogP contribution in [0.25, 0.3) is 11.4 Å². The fourth-order valence-corrected chi connectivity index (χ4v) is 2.48. The smallest absolute Gasteiger partial charge is 0.163 e. The van der Waals surface area contributed by atoms with E-state index in [1.807, 2.05) is 43.4 Å². The average Bonchev–Trinajstić information content (AvgIpc) is 3.38. The molecule has 21 heavy (non-hydrogen) atoms. The molecule has 1 fully saturated rings. The third kappa shape index (κ3) is 3.51. The Balaban J connectivity index is 1.79. The quantitative estimate of drug-likeness (QED) is 0.849. The lowest BCUT2D eigenvalue weighted by molar-refractivity contribution is 0.536. The summed E-state index contributed by atoms with van der Waals surface area (Å²) >= 11 is 0. The number of nitrogens with one attached hydrogen (secondary N) is 2. The molecule has 1 saturated carbocycles. The summed E-state index contributed by atoms with van der Waals surface area (Å²) in [6.07, 6.45) is 2.76. The first kappa shape index (κ1) is 13.9. The Morgan fingerprint density at radius 2 is 1.86 bits per heavy atom. The van der Waals surface area contributed by atoms with Crippen molar-refractivity contribution >= 4 is 11.6 Å². The minimum atomic E-state index is 0.707. The molecular weight excluding hydrogens is 260 g/mol. The van der Waals surface area contributed by atoms with E-state index >= 15 is 0 Å². The molecule has 2 N–H and O–H groups in total. The van der Waals surface area contributed by atoms with Crippen molar-refractivity contribution in [3.05, 3.63) is 36.4 Å². The van der Waals surface area contributed by atoms with Crippen LogP contribution in [0.15, 0.2) is 36.4 Å². The first-order valence-corrected chi connectivity index (χ1v) is 7.62. The highest BCUT2D eigenvalue weighted by Gasteiger charge is 2.27. The molecule has 4 nitrogen and oxygen atoms in total. The summed E-state index contributed by atoms with van der Waals surface area (Å²) in [4.78, 5) is 9.18. The van der Waals surface area contributed by atoms with Gasteiger partial charge in [-0.15, -0.1) is 0 Å². The van der Waals surface area contributed by atoms with Crippen molar-refractivity contribution in [2.75, 3.05) is 24.2 Å². The van der Waals surface area contributed by atoms with Gasteiger partial charge in [0.25, 0.3) is 0 Å². The third-order valence-corrected chi connectivity index (χ3v) is 4.05. The summed E-state index contributed by atoms with van der Waals surface area (Å²) in [5, 5.41) is 6.57. The monoisotopic (exact) mass is 282 g/mol. The van der Waals surface area contributed by atoms with Gasteiger partial charge in [0.05, 0.1) is 0 Å². The van der Waals surface area contributed by atoms with Crippen LogP contribution in [0.5, 0.6) is 0 Å².